The third kappa shape index (κ3) is 1.69. The second-order valence-corrected chi connectivity index (χ2v) is 4.66. The van der Waals surface area contributed by atoms with Crippen LogP contribution in [0.2, 0.25) is 0 Å². The van der Waals surface area contributed by atoms with E-state index in [0.29, 0.717) is 11.6 Å². The maximum Gasteiger partial charge on any atom is 0.350 e. The Kier molecular flexibility index (Phi) is 2.17. The van der Waals surface area contributed by atoms with Crippen molar-refractivity contribution in [3.8, 4) is 0 Å². The van der Waals surface area contributed by atoms with Crippen molar-refractivity contribution in [1.29, 1.82) is 0 Å². The van der Waals surface area contributed by atoms with Crippen LogP contribution < -0.4 is 11.0 Å². The standard InChI is InChI=1S/C11H15N5O/c1-6-7(2)13-10(12-5-8-3-4-8)16-9(6)14-15-11(16)17/h8H,3-5H2,1-2H3,(H,12,13)(H,15,17). The summed E-state index contributed by atoms with van der Waals surface area (Å²) >= 11 is 0. The number of fused-ring (bicyclic) bond motifs is 1. The minimum Gasteiger partial charge on any atom is -0.355 e. The maximum atomic E-state index is 11.7. The number of hydrogen-bond acceptors (Lipinski definition) is 4. The Labute approximate surface area is 98.1 Å². The van der Waals surface area contributed by atoms with E-state index in [0.717, 1.165) is 23.7 Å². The molecular formula is C11H15N5O. The average Bonchev–Trinajstić information content (AvgIpc) is 3.05. The van der Waals surface area contributed by atoms with E-state index in [1.165, 1.54) is 17.2 Å². The van der Waals surface area contributed by atoms with E-state index in [1.807, 2.05) is 13.8 Å². The summed E-state index contributed by atoms with van der Waals surface area (Å²) in [5.74, 6) is 1.32. The van der Waals surface area contributed by atoms with Gasteiger partial charge >= 0.3 is 5.69 Å². The third-order valence-corrected chi connectivity index (χ3v) is 3.28. The smallest absolute Gasteiger partial charge is 0.350 e. The summed E-state index contributed by atoms with van der Waals surface area (Å²) in [5, 5.41) is 9.73. The predicted octanol–water partition coefficient (Wildman–Crippen LogP) is 0.856. The molecule has 3 rings (SSSR count). The molecule has 0 aromatic carbocycles. The van der Waals surface area contributed by atoms with Crippen molar-refractivity contribution >= 4 is 11.6 Å². The molecule has 2 aromatic heterocycles. The summed E-state index contributed by atoms with van der Waals surface area (Å²) in [6, 6.07) is 0. The highest BCUT2D eigenvalue weighted by Crippen LogP contribution is 2.28. The second-order valence-electron chi connectivity index (χ2n) is 4.66. The normalized spacial score (nSPS) is 15.4. The molecule has 90 valence electrons. The van der Waals surface area contributed by atoms with Crippen LogP contribution in [0.5, 0.6) is 0 Å². The zero-order valence-electron chi connectivity index (χ0n) is 9.95. The van der Waals surface area contributed by atoms with Crippen molar-refractivity contribution in [3.63, 3.8) is 0 Å². The van der Waals surface area contributed by atoms with Gasteiger partial charge in [-0.1, -0.05) is 0 Å². The summed E-state index contributed by atoms with van der Waals surface area (Å²) in [7, 11) is 0. The molecule has 2 aromatic rings. The van der Waals surface area contributed by atoms with Crippen molar-refractivity contribution in [2.24, 2.45) is 5.92 Å². The lowest BCUT2D eigenvalue weighted by atomic mass is 10.2. The van der Waals surface area contributed by atoms with Gasteiger partial charge in [-0.15, -0.1) is 0 Å². The number of hydrogen-bond donors (Lipinski definition) is 2. The molecule has 2 heterocycles. The maximum absolute atomic E-state index is 11.7. The fourth-order valence-corrected chi connectivity index (χ4v) is 1.88. The summed E-state index contributed by atoms with van der Waals surface area (Å²) in [5.41, 5.74) is 2.24. The topological polar surface area (TPSA) is 75.1 Å². The van der Waals surface area contributed by atoms with Gasteiger partial charge in [0.2, 0.25) is 5.95 Å². The first-order valence-corrected chi connectivity index (χ1v) is 5.85. The van der Waals surface area contributed by atoms with Gasteiger partial charge in [-0.25, -0.2) is 19.3 Å². The van der Waals surface area contributed by atoms with Crippen LogP contribution in [-0.2, 0) is 0 Å². The Morgan fingerprint density at radius 2 is 2.24 bits per heavy atom. The fraction of sp³-hybridized carbons (Fsp3) is 0.545. The number of aromatic nitrogens is 4. The molecule has 17 heavy (non-hydrogen) atoms. The van der Waals surface area contributed by atoms with Gasteiger partial charge in [0, 0.05) is 17.8 Å². The van der Waals surface area contributed by atoms with E-state index >= 15 is 0 Å². The molecule has 2 N–H and O–H groups in total. The molecule has 0 amide bonds. The van der Waals surface area contributed by atoms with Gasteiger partial charge in [0.05, 0.1) is 0 Å². The minimum absolute atomic E-state index is 0.242. The number of anilines is 1. The van der Waals surface area contributed by atoms with Gasteiger partial charge in [-0.2, -0.15) is 5.10 Å². The Hall–Kier alpha value is -1.85. The van der Waals surface area contributed by atoms with Crippen LogP contribution in [0.15, 0.2) is 4.79 Å². The third-order valence-electron chi connectivity index (χ3n) is 3.28. The van der Waals surface area contributed by atoms with Crippen LogP contribution >= 0.6 is 0 Å². The summed E-state index contributed by atoms with van der Waals surface area (Å²) in [4.78, 5) is 16.1. The Morgan fingerprint density at radius 1 is 1.47 bits per heavy atom. The predicted molar refractivity (Wildman–Crippen MR) is 64.3 cm³/mol. The molecule has 0 unspecified atom stereocenters. The van der Waals surface area contributed by atoms with Crippen molar-refractivity contribution in [1.82, 2.24) is 19.6 Å². The molecule has 0 aliphatic heterocycles. The van der Waals surface area contributed by atoms with Crippen LogP contribution in [-0.4, -0.2) is 26.1 Å². The van der Waals surface area contributed by atoms with Crippen LogP contribution in [0.3, 0.4) is 0 Å². The zero-order chi connectivity index (χ0) is 12.0. The Bertz CT molecular complexity index is 623. The molecule has 6 nitrogen and oxygen atoms in total. The van der Waals surface area contributed by atoms with Crippen LogP contribution in [0.25, 0.3) is 5.65 Å². The van der Waals surface area contributed by atoms with Crippen molar-refractivity contribution in [3.05, 3.63) is 21.7 Å². The molecule has 1 saturated carbocycles. The number of nitrogens with one attached hydrogen (secondary N) is 2. The van der Waals surface area contributed by atoms with Gasteiger partial charge in [0.1, 0.15) is 0 Å². The molecule has 0 atom stereocenters. The SMILES string of the molecule is Cc1nc(NCC2CC2)n2c(=O)[nH]nc2c1C. The number of H-pyrrole nitrogens is 1. The molecule has 0 bridgehead atoms. The number of rotatable bonds is 3. The molecule has 1 fully saturated rings. The summed E-state index contributed by atoms with van der Waals surface area (Å²) in [6.45, 7) is 4.72. The molecule has 0 spiro atoms. The largest absolute Gasteiger partial charge is 0.355 e. The van der Waals surface area contributed by atoms with Gasteiger partial charge in [0.15, 0.2) is 5.65 Å². The Morgan fingerprint density at radius 3 is 2.94 bits per heavy atom. The van der Waals surface area contributed by atoms with Gasteiger partial charge < -0.3 is 5.32 Å². The first-order chi connectivity index (χ1) is 8.16. The summed E-state index contributed by atoms with van der Waals surface area (Å²) in [6.07, 6.45) is 2.53. The monoisotopic (exact) mass is 233 g/mol. The van der Waals surface area contributed by atoms with E-state index < -0.39 is 0 Å². The fourth-order valence-electron chi connectivity index (χ4n) is 1.88. The minimum atomic E-state index is -0.242. The molecule has 0 saturated heterocycles. The Balaban J connectivity index is 2.11. The lowest BCUT2D eigenvalue weighted by Gasteiger charge is -2.09. The molecule has 0 radical (unpaired) electrons. The average molecular weight is 233 g/mol. The number of aromatic amines is 1. The van der Waals surface area contributed by atoms with Crippen molar-refractivity contribution in [2.75, 3.05) is 11.9 Å². The number of nitrogens with zero attached hydrogens (tertiary/aromatic N) is 3. The van der Waals surface area contributed by atoms with E-state index in [9.17, 15) is 4.79 Å². The number of aryl methyl sites for hydroxylation is 2. The highest BCUT2D eigenvalue weighted by Gasteiger charge is 2.22. The van der Waals surface area contributed by atoms with Gasteiger partial charge in [-0.3, -0.25) is 0 Å². The highest BCUT2D eigenvalue weighted by atomic mass is 16.1. The van der Waals surface area contributed by atoms with E-state index in [-0.39, 0.29) is 5.69 Å². The molecule has 1 aliphatic rings. The van der Waals surface area contributed by atoms with Crippen molar-refractivity contribution < 1.29 is 0 Å². The van der Waals surface area contributed by atoms with Crippen molar-refractivity contribution in [2.45, 2.75) is 26.7 Å². The first kappa shape index (κ1) is 10.3. The van der Waals surface area contributed by atoms with Gasteiger partial charge in [-0.05, 0) is 32.6 Å². The quantitative estimate of drug-likeness (QED) is 0.824. The molecule has 6 heteroatoms. The second kappa shape index (κ2) is 3.58. The van der Waals surface area contributed by atoms with E-state index in [1.54, 1.807) is 0 Å². The van der Waals surface area contributed by atoms with E-state index in [4.69, 9.17) is 0 Å². The summed E-state index contributed by atoms with van der Waals surface area (Å²) < 4.78 is 1.50. The molecule has 1 aliphatic carbocycles. The van der Waals surface area contributed by atoms with Crippen LogP contribution in [0.4, 0.5) is 5.95 Å². The zero-order valence-corrected chi connectivity index (χ0v) is 9.95. The lowest BCUT2D eigenvalue weighted by molar-refractivity contribution is 0.856. The van der Waals surface area contributed by atoms with Crippen LogP contribution in [0.1, 0.15) is 24.1 Å². The van der Waals surface area contributed by atoms with E-state index in [2.05, 4.69) is 20.5 Å². The lowest BCUT2D eigenvalue weighted by Crippen LogP contribution is -2.18. The highest BCUT2D eigenvalue weighted by molar-refractivity contribution is 5.53. The van der Waals surface area contributed by atoms with Gasteiger partial charge in [0.25, 0.3) is 0 Å². The van der Waals surface area contributed by atoms with Crippen LogP contribution in [0, 0.1) is 19.8 Å². The first-order valence-electron chi connectivity index (χ1n) is 5.85. The molecular weight excluding hydrogens is 218 g/mol.